The van der Waals surface area contributed by atoms with Gasteiger partial charge in [-0.25, -0.2) is 14.2 Å². The molecule has 1 saturated heterocycles. The summed E-state index contributed by atoms with van der Waals surface area (Å²) in [6.07, 6.45) is 1.63. The summed E-state index contributed by atoms with van der Waals surface area (Å²) in [5, 5.41) is 0.966. The maximum atomic E-state index is 13.9. The summed E-state index contributed by atoms with van der Waals surface area (Å²) in [6, 6.07) is 16.6. The van der Waals surface area contributed by atoms with E-state index in [9.17, 15) is 14.4 Å². The van der Waals surface area contributed by atoms with E-state index in [0.717, 1.165) is 27.7 Å². The largest absolute Gasteiger partial charge is 0.500 e. The molecule has 40 heavy (non-hydrogen) atoms. The minimum atomic E-state index is -0.705. The van der Waals surface area contributed by atoms with Gasteiger partial charge in [0, 0.05) is 28.8 Å². The molecule has 1 fully saturated rings. The molecule has 3 aliphatic heterocycles. The maximum Gasteiger partial charge on any atom is 0.419 e. The van der Waals surface area contributed by atoms with E-state index >= 15 is 0 Å². The lowest BCUT2D eigenvalue weighted by molar-refractivity contribution is -0.116. The Kier molecular flexibility index (Phi) is 6.44. The van der Waals surface area contributed by atoms with Crippen molar-refractivity contribution in [3.8, 4) is 0 Å². The lowest BCUT2D eigenvalue weighted by Gasteiger charge is -2.53. The number of hydrogen-bond acceptors (Lipinski definition) is 6. The summed E-state index contributed by atoms with van der Waals surface area (Å²) in [5.41, 5.74) is 3.32. The highest BCUT2D eigenvalue weighted by atomic mass is 16.6. The lowest BCUT2D eigenvalue weighted by atomic mass is 9.67. The molecule has 8 nitrogen and oxygen atoms in total. The fourth-order valence-electron chi connectivity index (χ4n) is 6.65. The first-order valence-electron chi connectivity index (χ1n) is 13.8. The zero-order valence-corrected chi connectivity index (χ0v) is 23.3. The second kappa shape index (κ2) is 9.84. The van der Waals surface area contributed by atoms with Crippen molar-refractivity contribution >= 4 is 28.9 Å². The van der Waals surface area contributed by atoms with Crippen LogP contribution in [0.15, 0.2) is 66.4 Å². The third kappa shape index (κ3) is 4.45. The number of Topliss-reactive ketones (excluding diaryl/α,β-unsaturated/α-hetero) is 1. The van der Waals surface area contributed by atoms with Gasteiger partial charge in [-0.1, -0.05) is 48.5 Å². The minimum absolute atomic E-state index is 0.0409. The first kappa shape index (κ1) is 26.2. The van der Waals surface area contributed by atoms with Gasteiger partial charge in [-0.3, -0.25) is 9.69 Å². The normalized spacial score (nSPS) is 23.4. The lowest BCUT2D eigenvalue weighted by Crippen LogP contribution is -2.59. The molecule has 0 spiro atoms. The van der Waals surface area contributed by atoms with Crippen LogP contribution in [0.3, 0.4) is 0 Å². The number of benzene rings is 2. The van der Waals surface area contributed by atoms with Gasteiger partial charge in [0.25, 0.3) is 0 Å². The average Bonchev–Trinajstić information content (AvgIpc) is 3.25. The van der Waals surface area contributed by atoms with Gasteiger partial charge >= 0.3 is 12.2 Å². The van der Waals surface area contributed by atoms with Crippen LogP contribution in [0, 0.1) is 11.8 Å². The number of carbonyl (C=O) groups is 3. The van der Waals surface area contributed by atoms with Crippen LogP contribution in [0.1, 0.15) is 57.0 Å². The highest BCUT2D eigenvalue weighted by Crippen LogP contribution is 2.52. The molecular formula is C32H34N2O6. The molecule has 0 N–H and O–H groups in total. The number of amides is 1. The first-order valence-corrected chi connectivity index (χ1v) is 13.8. The van der Waals surface area contributed by atoms with Crippen molar-refractivity contribution < 1.29 is 28.6 Å². The molecule has 0 unspecified atom stereocenters. The number of aromatic nitrogens is 1. The van der Waals surface area contributed by atoms with Gasteiger partial charge in [0.2, 0.25) is 0 Å². The van der Waals surface area contributed by atoms with Crippen molar-refractivity contribution in [3.63, 3.8) is 0 Å². The average molecular weight is 543 g/mol. The summed E-state index contributed by atoms with van der Waals surface area (Å²) >= 11 is 0. The van der Waals surface area contributed by atoms with Gasteiger partial charge < -0.3 is 14.2 Å². The summed E-state index contributed by atoms with van der Waals surface area (Å²) < 4.78 is 19.2. The van der Waals surface area contributed by atoms with Crippen LogP contribution in [0.2, 0.25) is 0 Å². The van der Waals surface area contributed by atoms with Crippen LogP contribution in [0.25, 0.3) is 10.9 Å². The van der Waals surface area contributed by atoms with Gasteiger partial charge in [-0.15, -0.1) is 0 Å². The molecule has 2 aromatic carbocycles. The summed E-state index contributed by atoms with van der Waals surface area (Å²) in [5.74, 6) is -0.223. The van der Waals surface area contributed by atoms with Crippen molar-refractivity contribution in [1.29, 1.82) is 0 Å². The van der Waals surface area contributed by atoms with Gasteiger partial charge in [0.1, 0.15) is 12.2 Å². The van der Waals surface area contributed by atoms with E-state index in [1.807, 2.05) is 75.4 Å². The Morgan fingerprint density at radius 1 is 1.00 bits per heavy atom. The number of fused-ring (bicyclic) bond motifs is 8. The fourth-order valence-corrected chi connectivity index (χ4v) is 6.65. The molecule has 4 heterocycles. The zero-order valence-electron chi connectivity index (χ0n) is 23.3. The highest BCUT2D eigenvalue weighted by molar-refractivity contribution is 5.95. The second-order valence-corrected chi connectivity index (χ2v) is 11.9. The molecule has 0 saturated carbocycles. The van der Waals surface area contributed by atoms with Crippen molar-refractivity contribution in [2.24, 2.45) is 11.8 Å². The van der Waals surface area contributed by atoms with Crippen molar-refractivity contribution in [3.05, 3.63) is 83.3 Å². The molecular weight excluding hydrogens is 508 g/mol. The van der Waals surface area contributed by atoms with Crippen molar-refractivity contribution in [2.45, 2.75) is 64.8 Å². The van der Waals surface area contributed by atoms with Gasteiger partial charge in [-0.05, 0) is 57.7 Å². The second-order valence-electron chi connectivity index (χ2n) is 11.9. The molecule has 0 radical (unpaired) electrons. The number of hydrogen-bond donors (Lipinski definition) is 0. The maximum absolute atomic E-state index is 13.9. The summed E-state index contributed by atoms with van der Waals surface area (Å²) in [6.45, 7) is 7.61. The van der Waals surface area contributed by atoms with Crippen LogP contribution < -0.4 is 0 Å². The molecule has 3 aromatic rings. The summed E-state index contributed by atoms with van der Waals surface area (Å²) in [4.78, 5) is 42.0. The number of carbonyl (C=O) groups excluding carboxylic acids is 3. The van der Waals surface area contributed by atoms with Crippen LogP contribution in [-0.4, -0.2) is 45.7 Å². The quantitative estimate of drug-likeness (QED) is 0.394. The Hall–Kier alpha value is -4.07. The highest BCUT2D eigenvalue weighted by Gasteiger charge is 2.54. The van der Waals surface area contributed by atoms with Crippen LogP contribution in [0.4, 0.5) is 9.59 Å². The fraction of sp³-hybridized carbons (Fsp3) is 0.406. The SMILES string of the molecule is CC(=O)C1=COC[C@H]2[C@H]3Cc4c(n(C(=O)OC(C)(C)C)c5ccccc45)[C@@H](C[C@@H]12)N3C(=O)OCc1ccccc1. The molecule has 4 atom stereocenters. The molecule has 6 rings (SSSR count). The third-order valence-corrected chi connectivity index (χ3v) is 8.23. The Morgan fingerprint density at radius 3 is 2.45 bits per heavy atom. The Bertz CT molecular complexity index is 1520. The van der Waals surface area contributed by atoms with E-state index < -0.39 is 23.8 Å². The zero-order chi connectivity index (χ0) is 28.2. The minimum Gasteiger partial charge on any atom is -0.500 e. The predicted octanol–water partition coefficient (Wildman–Crippen LogP) is 6.17. The van der Waals surface area contributed by atoms with E-state index in [2.05, 4.69) is 0 Å². The number of para-hydroxylation sites is 1. The van der Waals surface area contributed by atoms with Crippen LogP contribution in [0.5, 0.6) is 0 Å². The van der Waals surface area contributed by atoms with E-state index in [0.29, 0.717) is 25.0 Å². The van der Waals surface area contributed by atoms with E-state index in [1.165, 1.54) is 0 Å². The Labute approximate surface area is 233 Å². The molecule has 208 valence electrons. The summed E-state index contributed by atoms with van der Waals surface area (Å²) in [7, 11) is 0. The Morgan fingerprint density at radius 2 is 1.73 bits per heavy atom. The molecule has 3 aliphatic rings. The Balaban J connectivity index is 1.48. The van der Waals surface area contributed by atoms with Crippen LogP contribution >= 0.6 is 0 Å². The van der Waals surface area contributed by atoms with Gasteiger partial charge in [0.05, 0.1) is 30.1 Å². The third-order valence-electron chi connectivity index (χ3n) is 8.23. The molecule has 1 aromatic heterocycles. The number of piperidine rings is 1. The van der Waals surface area contributed by atoms with Crippen molar-refractivity contribution in [1.82, 2.24) is 9.47 Å². The smallest absolute Gasteiger partial charge is 0.419 e. The molecule has 1 amide bonds. The van der Waals surface area contributed by atoms with Crippen molar-refractivity contribution in [2.75, 3.05) is 6.61 Å². The van der Waals surface area contributed by atoms with Crippen LogP contribution in [-0.2, 0) is 32.0 Å². The number of nitrogens with zero attached hydrogens (tertiary/aromatic N) is 2. The number of allylic oxidation sites excluding steroid dienone is 1. The first-order chi connectivity index (χ1) is 19.1. The van der Waals surface area contributed by atoms with Gasteiger partial charge in [0.15, 0.2) is 5.78 Å². The standard InChI is InChI=1S/C32H34N2O6/c1-19(35)24-17-38-18-25-22(24)14-28-29-23(15-27(25)33(28)30(36)39-16-20-10-6-5-7-11-20)21-12-8-9-13-26(21)34(29)31(37)40-32(2,3)4/h5-13,17,22,25,27-28H,14-16,18H2,1-4H3/t22-,25+,27+,28+/m0/s1. The monoisotopic (exact) mass is 542 g/mol. The predicted molar refractivity (Wildman–Crippen MR) is 149 cm³/mol. The van der Waals surface area contributed by atoms with Gasteiger partial charge in [-0.2, -0.15) is 0 Å². The number of ketones is 1. The van der Waals surface area contributed by atoms with E-state index in [4.69, 9.17) is 14.2 Å². The number of rotatable bonds is 3. The topological polar surface area (TPSA) is 87.1 Å². The molecule has 0 aliphatic carbocycles. The molecule has 8 heteroatoms. The molecule has 2 bridgehead atoms. The number of ether oxygens (including phenoxy) is 3. The van der Waals surface area contributed by atoms with E-state index in [-0.39, 0.29) is 30.3 Å². The van der Waals surface area contributed by atoms with E-state index in [1.54, 1.807) is 22.7 Å².